The van der Waals surface area contributed by atoms with E-state index in [0.29, 0.717) is 19.5 Å². The molecule has 134 valence electrons. The summed E-state index contributed by atoms with van der Waals surface area (Å²) in [5.41, 5.74) is 1.76. The summed E-state index contributed by atoms with van der Waals surface area (Å²) in [6, 6.07) is 5.75. The van der Waals surface area contributed by atoms with E-state index in [1.54, 1.807) is 11.8 Å². The summed E-state index contributed by atoms with van der Waals surface area (Å²) in [6.07, 6.45) is -0.347. The highest BCUT2D eigenvalue weighted by molar-refractivity contribution is 7.16. The highest BCUT2D eigenvalue weighted by Gasteiger charge is 2.32. The summed E-state index contributed by atoms with van der Waals surface area (Å²) in [6.45, 7) is 2.51. The molecule has 0 spiro atoms. The maximum Gasteiger partial charge on any atom is 0.414 e. The zero-order chi connectivity index (χ0) is 18.0. The van der Waals surface area contributed by atoms with Crippen LogP contribution in [0, 0.1) is 0 Å². The molecule has 9 heteroatoms. The van der Waals surface area contributed by atoms with Gasteiger partial charge in [-0.25, -0.2) is 4.79 Å². The normalized spacial score (nSPS) is 17.9. The number of rotatable bonds is 5. The van der Waals surface area contributed by atoms with Gasteiger partial charge in [0.05, 0.1) is 23.3 Å². The molecule has 25 heavy (non-hydrogen) atoms. The van der Waals surface area contributed by atoms with Crippen molar-refractivity contribution in [3.63, 3.8) is 0 Å². The number of aryl methyl sites for hydroxylation is 1. The number of nitrogens with zero attached hydrogens (tertiary/aromatic N) is 3. The fourth-order valence-corrected chi connectivity index (χ4v) is 3.68. The zero-order valence-electron chi connectivity index (χ0n) is 14.3. The van der Waals surface area contributed by atoms with E-state index in [4.69, 9.17) is 9.57 Å². The van der Waals surface area contributed by atoms with Gasteiger partial charge in [-0.15, -0.1) is 0 Å². The fourth-order valence-electron chi connectivity index (χ4n) is 2.65. The van der Waals surface area contributed by atoms with Crippen molar-refractivity contribution in [3.8, 4) is 0 Å². The molecule has 0 radical (unpaired) electrons. The Hall–Kier alpha value is -2.55. The molecule has 1 aromatic heterocycles. The third-order valence-electron chi connectivity index (χ3n) is 4.00. The van der Waals surface area contributed by atoms with Gasteiger partial charge in [0, 0.05) is 19.2 Å². The van der Waals surface area contributed by atoms with E-state index in [2.05, 4.69) is 10.5 Å². The molecular weight excluding hydrogens is 344 g/mol. The van der Waals surface area contributed by atoms with E-state index in [0.717, 1.165) is 20.7 Å². The molecule has 1 fully saturated rings. The highest BCUT2D eigenvalue weighted by Crippen LogP contribution is 2.27. The Morgan fingerprint density at radius 3 is 3.04 bits per heavy atom. The van der Waals surface area contributed by atoms with Crippen molar-refractivity contribution in [2.24, 2.45) is 12.2 Å². The van der Waals surface area contributed by atoms with Crippen LogP contribution in [-0.2, 0) is 21.4 Å². The van der Waals surface area contributed by atoms with Crippen LogP contribution in [0.4, 0.5) is 10.5 Å². The van der Waals surface area contributed by atoms with Crippen molar-refractivity contribution in [1.29, 1.82) is 0 Å². The predicted molar refractivity (Wildman–Crippen MR) is 94.3 cm³/mol. The van der Waals surface area contributed by atoms with Crippen LogP contribution in [0.25, 0.3) is 10.2 Å². The first-order valence-corrected chi connectivity index (χ1v) is 8.76. The number of anilines is 1. The lowest BCUT2D eigenvalue weighted by Crippen LogP contribution is -2.34. The number of amides is 2. The maximum atomic E-state index is 12.2. The van der Waals surface area contributed by atoms with Crippen LogP contribution >= 0.6 is 11.3 Å². The Kier molecular flexibility index (Phi) is 4.93. The largest absolute Gasteiger partial charge is 0.442 e. The second-order valence-electron chi connectivity index (χ2n) is 5.64. The van der Waals surface area contributed by atoms with Crippen LogP contribution in [0.2, 0.25) is 0 Å². The van der Waals surface area contributed by atoms with Gasteiger partial charge >= 0.3 is 6.09 Å². The quantitative estimate of drug-likeness (QED) is 0.816. The number of thiazole rings is 1. The fraction of sp³-hybridized carbons (Fsp3) is 0.438. The standard InChI is InChI=1S/C16H20N4O4S/c1-4-14(21)17-8-11-9-20(16(22)24-11)10-5-6-12-13(7-10)25-15(18-23-3)19(12)2/h5-7,11H,4,8-9H2,1-3H3,(H,17,21). The number of aromatic nitrogens is 1. The molecule has 2 aromatic rings. The molecular formula is C16H20N4O4S. The lowest BCUT2D eigenvalue weighted by Gasteiger charge is -2.13. The van der Waals surface area contributed by atoms with Crippen molar-refractivity contribution in [1.82, 2.24) is 9.88 Å². The van der Waals surface area contributed by atoms with E-state index in [-0.39, 0.29) is 12.0 Å². The van der Waals surface area contributed by atoms with E-state index in [1.807, 2.05) is 29.8 Å². The van der Waals surface area contributed by atoms with E-state index >= 15 is 0 Å². The third kappa shape index (κ3) is 3.46. The highest BCUT2D eigenvalue weighted by atomic mass is 32.1. The number of ether oxygens (including phenoxy) is 1. The summed E-state index contributed by atoms with van der Waals surface area (Å²) in [7, 11) is 3.42. The second-order valence-corrected chi connectivity index (χ2v) is 6.65. The minimum atomic E-state index is -0.405. The number of carbonyl (C=O) groups excluding carboxylic acids is 2. The second kappa shape index (κ2) is 7.14. The number of benzene rings is 1. The van der Waals surface area contributed by atoms with Crippen LogP contribution in [0.1, 0.15) is 13.3 Å². The number of nitrogens with one attached hydrogen (secondary N) is 1. The van der Waals surface area contributed by atoms with Gasteiger partial charge in [-0.1, -0.05) is 23.4 Å². The summed E-state index contributed by atoms with van der Waals surface area (Å²) in [5, 5.41) is 6.73. The lowest BCUT2D eigenvalue weighted by molar-refractivity contribution is -0.121. The van der Waals surface area contributed by atoms with Crippen LogP contribution in [-0.4, -0.2) is 42.9 Å². The van der Waals surface area contributed by atoms with Crippen LogP contribution in [0.15, 0.2) is 23.4 Å². The summed E-state index contributed by atoms with van der Waals surface area (Å²) >= 11 is 1.48. The third-order valence-corrected chi connectivity index (χ3v) is 5.07. The van der Waals surface area contributed by atoms with Crippen LogP contribution in [0.3, 0.4) is 0 Å². The van der Waals surface area contributed by atoms with Gasteiger partial charge in [-0.3, -0.25) is 9.69 Å². The number of fused-ring (bicyclic) bond motifs is 1. The zero-order valence-corrected chi connectivity index (χ0v) is 15.1. The molecule has 1 aliphatic heterocycles. The molecule has 1 atom stereocenters. The van der Waals surface area contributed by atoms with Gasteiger partial charge in [-0.05, 0) is 18.2 Å². The lowest BCUT2D eigenvalue weighted by atomic mass is 10.2. The summed E-state index contributed by atoms with van der Waals surface area (Å²) < 4.78 is 8.26. The van der Waals surface area contributed by atoms with Crippen molar-refractivity contribution >= 4 is 39.2 Å². The first kappa shape index (κ1) is 17.3. The van der Waals surface area contributed by atoms with Gasteiger partial charge in [0.15, 0.2) is 0 Å². The molecule has 3 rings (SSSR count). The SMILES string of the molecule is CCC(=O)NCC1CN(c2ccc3c(c2)sc(=NOC)n3C)C(=O)O1. The first-order valence-electron chi connectivity index (χ1n) is 7.95. The molecule has 1 aromatic carbocycles. The molecule has 0 aliphatic carbocycles. The molecule has 1 saturated heterocycles. The van der Waals surface area contributed by atoms with Gasteiger partial charge in [-0.2, -0.15) is 0 Å². The van der Waals surface area contributed by atoms with E-state index < -0.39 is 6.09 Å². The number of cyclic esters (lactones) is 1. The Morgan fingerprint density at radius 1 is 1.52 bits per heavy atom. The topological polar surface area (TPSA) is 85.2 Å². The average Bonchev–Trinajstić information content (AvgIpc) is 3.13. The molecule has 1 unspecified atom stereocenters. The smallest absolute Gasteiger partial charge is 0.414 e. The minimum absolute atomic E-state index is 0.0589. The van der Waals surface area contributed by atoms with Crippen molar-refractivity contribution < 1.29 is 19.2 Å². The first-order chi connectivity index (χ1) is 12.0. The minimum Gasteiger partial charge on any atom is -0.442 e. The summed E-state index contributed by atoms with van der Waals surface area (Å²) in [4.78, 5) is 30.7. The van der Waals surface area contributed by atoms with Crippen molar-refractivity contribution in [3.05, 3.63) is 23.0 Å². The number of hydrogen-bond acceptors (Lipinski definition) is 6. The Labute approximate surface area is 148 Å². The van der Waals surface area contributed by atoms with Crippen molar-refractivity contribution in [2.75, 3.05) is 25.1 Å². The van der Waals surface area contributed by atoms with Gasteiger partial charge in [0.25, 0.3) is 0 Å². The molecule has 1 N–H and O–H groups in total. The average molecular weight is 364 g/mol. The molecule has 1 aliphatic rings. The summed E-state index contributed by atoms with van der Waals surface area (Å²) in [5.74, 6) is -0.0589. The Balaban J connectivity index is 1.80. The molecule has 2 heterocycles. The molecule has 0 bridgehead atoms. The molecule has 0 saturated carbocycles. The van der Waals surface area contributed by atoms with Crippen LogP contribution in [0.5, 0.6) is 0 Å². The van der Waals surface area contributed by atoms with Gasteiger partial charge in [0.1, 0.15) is 13.2 Å². The monoisotopic (exact) mass is 364 g/mol. The van der Waals surface area contributed by atoms with Crippen LogP contribution < -0.4 is 15.0 Å². The van der Waals surface area contributed by atoms with Crippen molar-refractivity contribution in [2.45, 2.75) is 19.4 Å². The molecule has 2 amide bonds. The predicted octanol–water partition coefficient (Wildman–Crippen LogP) is 1.55. The van der Waals surface area contributed by atoms with Gasteiger partial charge in [0.2, 0.25) is 10.7 Å². The number of carbonyl (C=O) groups is 2. The Bertz CT molecular complexity index is 873. The van der Waals surface area contributed by atoms with E-state index in [1.165, 1.54) is 18.4 Å². The number of hydrogen-bond donors (Lipinski definition) is 1. The van der Waals surface area contributed by atoms with E-state index in [9.17, 15) is 9.59 Å². The van der Waals surface area contributed by atoms with Gasteiger partial charge < -0.3 is 19.5 Å². The Morgan fingerprint density at radius 2 is 2.32 bits per heavy atom. The molecule has 8 nitrogen and oxygen atoms in total. The maximum absolute atomic E-state index is 12.2.